The van der Waals surface area contributed by atoms with Gasteiger partial charge in [0.15, 0.2) is 6.61 Å². The number of fused-ring (bicyclic) bond motifs is 1. The number of benzene rings is 2. The second-order valence-electron chi connectivity index (χ2n) is 4.51. The van der Waals surface area contributed by atoms with Crippen LogP contribution in [0, 0.1) is 0 Å². The maximum Gasteiger partial charge on any atom is 0.262 e. The molecule has 0 aromatic heterocycles. The fourth-order valence-electron chi connectivity index (χ4n) is 1.96. The summed E-state index contributed by atoms with van der Waals surface area (Å²) in [6.07, 6.45) is 0. The molecular weight excluding hydrogens is 336 g/mol. The summed E-state index contributed by atoms with van der Waals surface area (Å²) in [5.41, 5.74) is 1.65. The van der Waals surface area contributed by atoms with Crippen LogP contribution in [0.4, 0.5) is 11.4 Å². The quantitative estimate of drug-likeness (QED) is 0.878. The van der Waals surface area contributed by atoms with Crippen LogP contribution in [0.15, 0.2) is 46.9 Å². The number of rotatable bonds is 2. The average molecular weight is 347 g/mol. The van der Waals surface area contributed by atoms with E-state index in [1.165, 1.54) is 0 Å². The molecular formula is C15H11BrN2O3. The second-order valence-corrected chi connectivity index (χ2v) is 5.42. The van der Waals surface area contributed by atoms with Crippen LogP contribution in [0.1, 0.15) is 10.4 Å². The molecule has 1 aliphatic rings. The topological polar surface area (TPSA) is 67.4 Å². The first-order chi connectivity index (χ1) is 10.1. The minimum absolute atomic E-state index is 0.00254. The van der Waals surface area contributed by atoms with Crippen molar-refractivity contribution in [3.63, 3.8) is 0 Å². The highest BCUT2D eigenvalue weighted by Gasteiger charge is 2.17. The Morgan fingerprint density at radius 3 is 2.71 bits per heavy atom. The zero-order chi connectivity index (χ0) is 14.8. The van der Waals surface area contributed by atoms with Gasteiger partial charge in [0.2, 0.25) is 0 Å². The molecule has 3 rings (SSSR count). The second kappa shape index (κ2) is 5.57. The molecule has 21 heavy (non-hydrogen) atoms. The van der Waals surface area contributed by atoms with E-state index in [9.17, 15) is 9.59 Å². The summed E-state index contributed by atoms with van der Waals surface area (Å²) in [4.78, 5) is 23.5. The van der Waals surface area contributed by atoms with Crippen molar-refractivity contribution in [3.05, 3.63) is 52.5 Å². The minimum atomic E-state index is -0.250. The van der Waals surface area contributed by atoms with Crippen LogP contribution < -0.4 is 15.4 Å². The van der Waals surface area contributed by atoms with Crippen LogP contribution in [0.2, 0.25) is 0 Å². The Hall–Kier alpha value is -2.34. The lowest BCUT2D eigenvalue weighted by Gasteiger charge is -2.18. The molecule has 0 bridgehead atoms. The molecule has 0 unspecified atom stereocenters. The van der Waals surface area contributed by atoms with E-state index in [-0.39, 0.29) is 18.4 Å². The summed E-state index contributed by atoms with van der Waals surface area (Å²) in [6, 6.07) is 12.2. The lowest BCUT2D eigenvalue weighted by atomic mass is 10.1. The molecule has 0 fully saturated rings. The number of ether oxygens (including phenoxy) is 1. The van der Waals surface area contributed by atoms with E-state index in [1.54, 1.807) is 30.3 Å². The maximum atomic E-state index is 12.2. The van der Waals surface area contributed by atoms with Crippen molar-refractivity contribution in [1.82, 2.24) is 0 Å². The molecule has 1 heterocycles. The number of halogens is 1. The van der Waals surface area contributed by atoms with E-state index < -0.39 is 0 Å². The standard InChI is InChI=1S/C15H11BrN2O3/c16-10-2-4-11(5-3-10)17-15(20)9-1-6-13-12(7-9)18-14(19)8-21-13/h1-7H,8H2,(H,17,20)(H,18,19). The van der Waals surface area contributed by atoms with Crippen molar-refractivity contribution in [3.8, 4) is 5.75 Å². The zero-order valence-corrected chi connectivity index (χ0v) is 12.4. The summed E-state index contributed by atoms with van der Waals surface area (Å²) in [5, 5.41) is 5.47. The Labute approximate surface area is 129 Å². The Bertz CT molecular complexity index is 713. The molecule has 0 saturated carbocycles. The van der Waals surface area contributed by atoms with E-state index in [4.69, 9.17) is 4.74 Å². The summed E-state index contributed by atoms with van der Waals surface area (Å²) in [5.74, 6) is 0.0858. The predicted molar refractivity (Wildman–Crippen MR) is 82.7 cm³/mol. The first-order valence-electron chi connectivity index (χ1n) is 6.25. The molecule has 2 aromatic rings. The van der Waals surface area contributed by atoms with Crippen LogP contribution in [0.5, 0.6) is 5.75 Å². The highest BCUT2D eigenvalue weighted by molar-refractivity contribution is 9.10. The first kappa shape index (κ1) is 13.6. The average Bonchev–Trinajstić information content (AvgIpc) is 2.48. The van der Waals surface area contributed by atoms with Crippen LogP contribution in [-0.4, -0.2) is 18.4 Å². The minimum Gasteiger partial charge on any atom is -0.482 e. The molecule has 0 radical (unpaired) electrons. The number of hydrogen-bond donors (Lipinski definition) is 2. The van der Waals surface area contributed by atoms with Crippen molar-refractivity contribution in [2.24, 2.45) is 0 Å². The van der Waals surface area contributed by atoms with Gasteiger partial charge in [-0.15, -0.1) is 0 Å². The summed E-state index contributed by atoms with van der Waals surface area (Å²) in [7, 11) is 0. The van der Waals surface area contributed by atoms with E-state index >= 15 is 0 Å². The van der Waals surface area contributed by atoms with Gasteiger partial charge in [-0.1, -0.05) is 15.9 Å². The Morgan fingerprint density at radius 2 is 1.95 bits per heavy atom. The highest BCUT2D eigenvalue weighted by atomic mass is 79.9. The molecule has 106 valence electrons. The lowest BCUT2D eigenvalue weighted by Crippen LogP contribution is -2.25. The summed E-state index contributed by atoms with van der Waals surface area (Å²) < 4.78 is 6.19. The third-order valence-corrected chi connectivity index (χ3v) is 3.51. The molecule has 1 aliphatic heterocycles. The number of hydrogen-bond acceptors (Lipinski definition) is 3. The van der Waals surface area contributed by atoms with E-state index in [1.807, 2.05) is 12.1 Å². The van der Waals surface area contributed by atoms with Crippen LogP contribution in [0.3, 0.4) is 0 Å². The Morgan fingerprint density at radius 1 is 1.19 bits per heavy atom. The normalized spacial score (nSPS) is 12.9. The van der Waals surface area contributed by atoms with Crippen molar-refractivity contribution in [2.45, 2.75) is 0 Å². The van der Waals surface area contributed by atoms with E-state index in [0.29, 0.717) is 22.7 Å². The van der Waals surface area contributed by atoms with E-state index in [2.05, 4.69) is 26.6 Å². The molecule has 0 spiro atoms. The molecule has 6 heteroatoms. The van der Waals surface area contributed by atoms with Gasteiger partial charge in [-0.05, 0) is 42.5 Å². The van der Waals surface area contributed by atoms with Crippen LogP contribution in [0.25, 0.3) is 0 Å². The van der Waals surface area contributed by atoms with Gasteiger partial charge in [-0.2, -0.15) is 0 Å². The smallest absolute Gasteiger partial charge is 0.262 e. The third-order valence-electron chi connectivity index (χ3n) is 2.98. The van der Waals surface area contributed by atoms with Crippen molar-refractivity contribution in [2.75, 3.05) is 17.2 Å². The van der Waals surface area contributed by atoms with Crippen LogP contribution >= 0.6 is 15.9 Å². The Balaban J connectivity index is 1.80. The number of carbonyl (C=O) groups excluding carboxylic acids is 2. The third kappa shape index (κ3) is 3.05. The molecule has 2 amide bonds. The van der Waals surface area contributed by atoms with Gasteiger partial charge in [-0.25, -0.2) is 0 Å². The zero-order valence-electron chi connectivity index (χ0n) is 10.9. The largest absolute Gasteiger partial charge is 0.482 e. The number of amides is 2. The monoisotopic (exact) mass is 346 g/mol. The Kier molecular flexibility index (Phi) is 3.62. The van der Waals surface area contributed by atoms with Gasteiger partial charge in [0.1, 0.15) is 5.75 Å². The molecule has 0 saturated heterocycles. The lowest BCUT2D eigenvalue weighted by molar-refractivity contribution is -0.118. The van der Waals surface area contributed by atoms with E-state index in [0.717, 1.165) is 4.47 Å². The van der Waals surface area contributed by atoms with Gasteiger partial charge in [-0.3, -0.25) is 9.59 Å². The van der Waals surface area contributed by atoms with Crippen molar-refractivity contribution < 1.29 is 14.3 Å². The van der Waals surface area contributed by atoms with Gasteiger partial charge in [0.05, 0.1) is 5.69 Å². The number of carbonyl (C=O) groups is 2. The van der Waals surface area contributed by atoms with Crippen molar-refractivity contribution in [1.29, 1.82) is 0 Å². The fraction of sp³-hybridized carbons (Fsp3) is 0.0667. The number of nitrogens with one attached hydrogen (secondary N) is 2. The van der Waals surface area contributed by atoms with Gasteiger partial charge >= 0.3 is 0 Å². The number of anilines is 2. The first-order valence-corrected chi connectivity index (χ1v) is 7.05. The molecule has 0 atom stereocenters. The van der Waals surface area contributed by atoms with Gasteiger partial charge in [0.25, 0.3) is 11.8 Å². The summed E-state index contributed by atoms with van der Waals surface area (Å²) >= 11 is 3.34. The molecule has 0 aliphatic carbocycles. The highest BCUT2D eigenvalue weighted by Crippen LogP contribution is 2.28. The molecule has 2 aromatic carbocycles. The molecule has 5 nitrogen and oxygen atoms in total. The van der Waals surface area contributed by atoms with Gasteiger partial charge < -0.3 is 15.4 Å². The van der Waals surface area contributed by atoms with Crippen LogP contribution in [-0.2, 0) is 4.79 Å². The molecule has 2 N–H and O–H groups in total. The predicted octanol–water partition coefficient (Wildman–Crippen LogP) is 3.03. The maximum absolute atomic E-state index is 12.2. The van der Waals surface area contributed by atoms with Gasteiger partial charge in [0, 0.05) is 15.7 Å². The fourth-order valence-corrected chi connectivity index (χ4v) is 2.23. The summed E-state index contributed by atoms with van der Waals surface area (Å²) in [6.45, 7) is -0.00254. The van der Waals surface area contributed by atoms with Crippen molar-refractivity contribution >= 4 is 39.1 Å². The SMILES string of the molecule is O=C1COc2ccc(C(=O)Nc3ccc(Br)cc3)cc2N1.